The van der Waals surface area contributed by atoms with E-state index in [0.717, 1.165) is 43.2 Å². The first kappa shape index (κ1) is 24.8. The van der Waals surface area contributed by atoms with Crippen molar-refractivity contribution in [3.05, 3.63) is 35.9 Å². The standard InChI is InChI=1S/C22H30N6O6/c29-19(18-12-16(28-34-18)8-4-9-23-21-24-10-5-11-25-21)26-13-17(20(30)31)27-22(32)33-14-15-6-2-1-3-7-15/h1-3,6-7,17-18H,4-5,8-14H2,(H,26,29)(H,27,32)(H,30,31)(H2,23,24,25)/t17-,18?/m0/s1. The Balaban J connectivity index is 1.32. The topological polar surface area (TPSA) is 163 Å². The van der Waals surface area contributed by atoms with Crippen LogP contribution in [0.5, 0.6) is 0 Å². The van der Waals surface area contributed by atoms with Crippen LogP contribution >= 0.6 is 0 Å². The number of carboxylic acids is 1. The van der Waals surface area contributed by atoms with E-state index in [4.69, 9.17) is 9.57 Å². The molecule has 0 aliphatic carbocycles. The van der Waals surface area contributed by atoms with Gasteiger partial charge in [-0.1, -0.05) is 35.5 Å². The van der Waals surface area contributed by atoms with Crippen molar-refractivity contribution < 1.29 is 29.1 Å². The molecular weight excluding hydrogens is 444 g/mol. The number of nitrogens with zero attached hydrogens (tertiary/aromatic N) is 2. The van der Waals surface area contributed by atoms with Crippen LogP contribution in [0, 0.1) is 0 Å². The minimum atomic E-state index is -1.35. The number of rotatable bonds is 11. The van der Waals surface area contributed by atoms with Gasteiger partial charge in [0.1, 0.15) is 12.6 Å². The Labute approximate surface area is 197 Å². The second-order valence-electron chi connectivity index (χ2n) is 7.84. The van der Waals surface area contributed by atoms with Crippen molar-refractivity contribution in [1.82, 2.24) is 21.3 Å². The molecule has 2 amide bonds. The van der Waals surface area contributed by atoms with Crippen LogP contribution in [0.4, 0.5) is 4.79 Å². The summed E-state index contributed by atoms with van der Waals surface area (Å²) in [6.45, 7) is 2.13. The highest BCUT2D eigenvalue weighted by Gasteiger charge is 2.29. The minimum absolute atomic E-state index is 0.00153. The van der Waals surface area contributed by atoms with E-state index in [1.54, 1.807) is 24.3 Å². The van der Waals surface area contributed by atoms with E-state index >= 15 is 0 Å². The third-order valence-corrected chi connectivity index (χ3v) is 5.14. The summed E-state index contributed by atoms with van der Waals surface area (Å²) in [5.74, 6) is -0.993. The van der Waals surface area contributed by atoms with Crippen LogP contribution in [0.2, 0.25) is 0 Å². The molecule has 2 aliphatic rings. The predicted molar refractivity (Wildman–Crippen MR) is 123 cm³/mol. The fourth-order valence-electron chi connectivity index (χ4n) is 3.29. The molecule has 0 bridgehead atoms. The van der Waals surface area contributed by atoms with Gasteiger partial charge in [0.05, 0.1) is 5.71 Å². The summed E-state index contributed by atoms with van der Waals surface area (Å²) in [6.07, 6.45) is 1.10. The predicted octanol–water partition coefficient (Wildman–Crippen LogP) is 0.346. The van der Waals surface area contributed by atoms with Gasteiger partial charge in [0.15, 0.2) is 5.96 Å². The van der Waals surface area contributed by atoms with Crippen LogP contribution in [0.25, 0.3) is 0 Å². The van der Waals surface area contributed by atoms with E-state index in [2.05, 4.69) is 31.4 Å². The number of hydrogen-bond acceptors (Lipinski definition) is 9. The summed E-state index contributed by atoms with van der Waals surface area (Å²) < 4.78 is 5.03. The van der Waals surface area contributed by atoms with Crippen LogP contribution in [-0.4, -0.2) is 73.1 Å². The lowest BCUT2D eigenvalue weighted by atomic mass is 10.1. The van der Waals surface area contributed by atoms with Crippen molar-refractivity contribution >= 4 is 29.6 Å². The first-order chi connectivity index (χ1) is 16.5. The second-order valence-corrected chi connectivity index (χ2v) is 7.84. The maximum atomic E-state index is 12.4. The largest absolute Gasteiger partial charge is 0.480 e. The zero-order valence-corrected chi connectivity index (χ0v) is 18.8. The SMILES string of the molecule is O=C(N[C@@H](CNC(=O)C1CC(CCCNC2=NCCCN2)=NO1)C(=O)O)OCc1ccccc1. The van der Waals surface area contributed by atoms with Crippen LogP contribution in [0.3, 0.4) is 0 Å². The summed E-state index contributed by atoms with van der Waals surface area (Å²) in [5, 5.41) is 24.4. The van der Waals surface area contributed by atoms with Crippen molar-refractivity contribution in [3.63, 3.8) is 0 Å². The van der Waals surface area contributed by atoms with Gasteiger partial charge in [-0.2, -0.15) is 0 Å². The molecule has 2 atom stereocenters. The Kier molecular flexibility index (Phi) is 9.50. The number of amides is 2. The van der Waals surface area contributed by atoms with Crippen LogP contribution < -0.4 is 21.3 Å². The summed E-state index contributed by atoms with van der Waals surface area (Å²) in [4.78, 5) is 45.3. The van der Waals surface area contributed by atoms with Gasteiger partial charge in [0, 0.05) is 32.6 Å². The number of nitrogens with one attached hydrogen (secondary N) is 4. The lowest BCUT2D eigenvalue weighted by molar-refractivity contribution is -0.139. The molecule has 1 aromatic rings. The highest BCUT2D eigenvalue weighted by Crippen LogP contribution is 2.14. The molecular formula is C22H30N6O6. The monoisotopic (exact) mass is 474 g/mol. The number of alkyl carbamates (subject to hydrolysis) is 1. The molecule has 34 heavy (non-hydrogen) atoms. The lowest BCUT2D eigenvalue weighted by Crippen LogP contribution is -2.50. The van der Waals surface area contributed by atoms with Gasteiger partial charge >= 0.3 is 12.1 Å². The number of ether oxygens (including phenoxy) is 1. The van der Waals surface area contributed by atoms with Crippen LogP contribution in [-0.2, 0) is 25.8 Å². The smallest absolute Gasteiger partial charge is 0.408 e. The van der Waals surface area contributed by atoms with E-state index in [1.165, 1.54) is 0 Å². The molecule has 0 aromatic heterocycles. The Bertz CT molecular complexity index is 906. The Morgan fingerprint density at radius 3 is 2.82 bits per heavy atom. The number of oxime groups is 1. The van der Waals surface area contributed by atoms with E-state index in [1.807, 2.05) is 6.07 Å². The summed E-state index contributed by atoms with van der Waals surface area (Å²) >= 11 is 0. The summed E-state index contributed by atoms with van der Waals surface area (Å²) in [7, 11) is 0. The van der Waals surface area contributed by atoms with Crippen molar-refractivity contribution in [2.45, 2.75) is 44.4 Å². The van der Waals surface area contributed by atoms with E-state index in [9.17, 15) is 19.5 Å². The van der Waals surface area contributed by atoms with E-state index < -0.39 is 30.1 Å². The zero-order chi connectivity index (χ0) is 24.2. The van der Waals surface area contributed by atoms with Crippen molar-refractivity contribution in [2.75, 3.05) is 26.2 Å². The van der Waals surface area contributed by atoms with Crippen molar-refractivity contribution in [3.8, 4) is 0 Å². The minimum Gasteiger partial charge on any atom is -0.480 e. The highest BCUT2D eigenvalue weighted by molar-refractivity contribution is 5.93. The molecule has 0 radical (unpaired) electrons. The maximum absolute atomic E-state index is 12.4. The molecule has 12 nitrogen and oxygen atoms in total. The zero-order valence-electron chi connectivity index (χ0n) is 18.8. The van der Waals surface area contributed by atoms with Crippen molar-refractivity contribution in [2.24, 2.45) is 10.1 Å². The number of aliphatic imine (C=N–C) groups is 1. The van der Waals surface area contributed by atoms with E-state index in [0.29, 0.717) is 19.4 Å². The quantitative estimate of drug-likeness (QED) is 0.287. The molecule has 3 rings (SSSR count). The van der Waals surface area contributed by atoms with Crippen LogP contribution in [0.15, 0.2) is 40.5 Å². The molecule has 12 heteroatoms. The van der Waals surface area contributed by atoms with Gasteiger partial charge in [0.25, 0.3) is 5.91 Å². The molecule has 0 saturated heterocycles. The molecule has 5 N–H and O–H groups in total. The van der Waals surface area contributed by atoms with Crippen LogP contribution in [0.1, 0.15) is 31.2 Å². The molecule has 0 saturated carbocycles. The normalized spacial score (nSPS) is 17.8. The highest BCUT2D eigenvalue weighted by atomic mass is 16.6. The second kappa shape index (κ2) is 13.0. The average Bonchev–Trinajstić information content (AvgIpc) is 3.33. The van der Waals surface area contributed by atoms with Gasteiger partial charge in [-0.15, -0.1) is 0 Å². The average molecular weight is 475 g/mol. The maximum Gasteiger partial charge on any atom is 0.408 e. The molecule has 0 fully saturated rings. The first-order valence-corrected chi connectivity index (χ1v) is 11.2. The third kappa shape index (κ3) is 8.26. The number of benzene rings is 1. The number of carbonyl (C=O) groups excluding carboxylic acids is 2. The Morgan fingerprint density at radius 1 is 1.26 bits per heavy atom. The number of guanidine groups is 1. The van der Waals surface area contributed by atoms with Gasteiger partial charge in [-0.05, 0) is 24.8 Å². The Morgan fingerprint density at radius 2 is 2.09 bits per heavy atom. The fourth-order valence-corrected chi connectivity index (χ4v) is 3.29. The molecule has 2 aliphatic heterocycles. The molecule has 184 valence electrons. The number of aliphatic carboxylic acids is 1. The number of hydrogen-bond donors (Lipinski definition) is 5. The Hall–Kier alpha value is -3.83. The summed E-state index contributed by atoms with van der Waals surface area (Å²) in [6, 6.07) is 7.63. The van der Waals surface area contributed by atoms with Gasteiger partial charge in [-0.3, -0.25) is 9.79 Å². The molecule has 2 heterocycles. The first-order valence-electron chi connectivity index (χ1n) is 11.2. The third-order valence-electron chi connectivity index (χ3n) is 5.14. The molecule has 1 aromatic carbocycles. The van der Waals surface area contributed by atoms with Gasteiger partial charge in [-0.25, -0.2) is 9.59 Å². The van der Waals surface area contributed by atoms with Crippen molar-refractivity contribution in [1.29, 1.82) is 0 Å². The number of carbonyl (C=O) groups is 3. The van der Waals surface area contributed by atoms with Gasteiger partial charge in [0.2, 0.25) is 6.10 Å². The molecule has 1 unspecified atom stereocenters. The number of carboxylic acid groups (broad SMARTS) is 1. The van der Waals surface area contributed by atoms with E-state index in [-0.39, 0.29) is 13.2 Å². The summed E-state index contributed by atoms with van der Waals surface area (Å²) in [5.41, 5.74) is 1.53. The lowest BCUT2D eigenvalue weighted by Gasteiger charge is -2.16. The fraction of sp³-hybridized carbons (Fsp3) is 0.500. The molecule has 0 spiro atoms. The van der Waals surface area contributed by atoms with Gasteiger partial charge < -0.3 is 35.9 Å².